The smallest absolute Gasteiger partial charge is 0.149 e. The van der Waals surface area contributed by atoms with Crippen LogP contribution in [0, 0.1) is 0 Å². The van der Waals surface area contributed by atoms with Crippen LogP contribution in [0.25, 0.3) is 66.8 Å². The first-order valence-corrected chi connectivity index (χ1v) is 32.7. The van der Waals surface area contributed by atoms with Gasteiger partial charge in [0.25, 0.3) is 0 Å². The van der Waals surface area contributed by atoms with Crippen molar-refractivity contribution in [2.75, 3.05) is 4.90 Å². The van der Waals surface area contributed by atoms with E-state index in [-0.39, 0.29) is 16.2 Å². The molecule has 0 saturated heterocycles. The monoisotopic (exact) mass is 1190 g/mol. The second-order valence-electron chi connectivity index (χ2n) is 25.4. The number of hydrogen-bond acceptors (Lipinski definition) is 7. The fourth-order valence-corrected chi connectivity index (χ4v) is 18.0. The molecule has 0 bridgehead atoms. The molecule has 3 aliphatic heterocycles. The van der Waals surface area contributed by atoms with Gasteiger partial charge in [0.2, 0.25) is 0 Å². The maximum atomic E-state index is 7.20. The van der Waals surface area contributed by atoms with Gasteiger partial charge in [-0.15, -0.1) is 0 Å². The van der Waals surface area contributed by atoms with Gasteiger partial charge in [-0.25, -0.2) is 0 Å². The number of hydrogen-bond donors (Lipinski definition) is 0. The summed E-state index contributed by atoms with van der Waals surface area (Å²) in [5.74, 6) is 5.53. The minimum absolute atomic E-state index is 0.127. The Morgan fingerprint density at radius 3 is 0.795 bits per heavy atom. The maximum Gasteiger partial charge on any atom is 0.149 e. The lowest BCUT2D eigenvalue weighted by atomic mass is 9.82. The van der Waals surface area contributed by atoms with Crippen LogP contribution in [0.1, 0.15) is 74.9 Å². The van der Waals surface area contributed by atoms with Crippen LogP contribution in [-0.4, -0.2) is 0 Å². The first kappa shape index (κ1) is 52.1. The van der Waals surface area contributed by atoms with Crippen LogP contribution in [0.5, 0.6) is 34.5 Å². The van der Waals surface area contributed by atoms with Crippen molar-refractivity contribution in [1.82, 2.24) is 0 Å². The molecule has 0 saturated carbocycles. The zero-order valence-electron chi connectivity index (χ0n) is 49.4. The number of rotatable bonds is 6. The van der Waals surface area contributed by atoms with E-state index >= 15 is 0 Å². The average Bonchev–Trinajstić information content (AvgIpc) is 1.77. The average molecular weight is 1190 g/mol. The van der Waals surface area contributed by atoms with Gasteiger partial charge < -0.3 is 19.1 Å². The van der Waals surface area contributed by atoms with E-state index in [2.05, 4.69) is 283 Å². The molecule has 0 atom stereocenters. The van der Waals surface area contributed by atoms with Gasteiger partial charge in [0.1, 0.15) is 34.5 Å². The summed E-state index contributed by atoms with van der Waals surface area (Å²) in [6.07, 6.45) is 0. The van der Waals surface area contributed by atoms with Crippen LogP contribution in [0.4, 0.5) is 17.1 Å². The van der Waals surface area contributed by atoms with Crippen LogP contribution in [0.2, 0.25) is 0 Å². The van der Waals surface area contributed by atoms with E-state index in [0.717, 1.165) is 114 Å². The fourth-order valence-electron chi connectivity index (χ4n) is 15.0. The van der Waals surface area contributed by atoms with Gasteiger partial charge >= 0.3 is 0 Å². The Labute approximate surface area is 526 Å². The second kappa shape index (κ2) is 18.9. The lowest BCUT2D eigenvalue weighted by Crippen LogP contribution is -2.15. The lowest BCUT2D eigenvalue weighted by molar-refractivity contribution is 0.457. The van der Waals surface area contributed by atoms with Crippen LogP contribution < -0.4 is 19.1 Å². The van der Waals surface area contributed by atoms with E-state index in [9.17, 15) is 0 Å². The molecule has 3 aliphatic carbocycles. The van der Waals surface area contributed by atoms with Gasteiger partial charge in [0, 0.05) is 66.7 Å². The third kappa shape index (κ3) is 7.51. The molecular formula is C81H57NO3S3. The van der Waals surface area contributed by atoms with Crippen molar-refractivity contribution in [3.8, 4) is 101 Å². The molecule has 12 aromatic rings. The van der Waals surface area contributed by atoms with E-state index in [1.165, 1.54) is 66.8 Å². The van der Waals surface area contributed by atoms with Crippen molar-refractivity contribution in [2.45, 2.75) is 87.2 Å². The molecule has 0 fully saturated rings. The third-order valence-corrected chi connectivity index (χ3v) is 22.8. The van der Waals surface area contributed by atoms with Crippen molar-refractivity contribution in [3.63, 3.8) is 0 Å². The van der Waals surface area contributed by atoms with E-state index in [0.29, 0.717) is 0 Å². The highest BCUT2D eigenvalue weighted by atomic mass is 32.2. The third-order valence-electron chi connectivity index (χ3n) is 19.5. The standard InChI is InChI=1S/C81H57NO3S3/c1-79(2)58-22-10-7-16-55(58)70-61(79)40-43-67-76(70)83-73-52(19-13-25-64(73)86-67)46-28-34-49(35-29-46)82(50-36-30-47(31-37-50)53-20-14-26-65-74(53)84-77-68(87-65)44-41-62-71(77)56-17-8-11-23-59(56)80(62,3)4)51-38-32-48(33-39-51)54-21-15-27-66-75(54)85-78-69(88-66)45-42-63-72(78)57-18-9-12-24-60(57)81(63,5)6/h7-45H,1-6H3. The molecule has 18 rings (SSSR count). The Morgan fingerprint density at radius 1 is 0.239 bits per heavy atom. The minimum atomic E-state index is -0.127. The van der Waals surface area contributed by atoms with E-state index in [1.807, 2.05) is 0 Å². The predicted octanol–water partition coefficient (Wildman–Crippen LogP) is 23.8. The van der Waals surface area contributed by atoms with Crippen molar-refractivity contribution in [3.05, 3.63) is 270 Å². The highest BCUT2D eigenvalue weighted by molar-refractivity contribution is 8.00. The molecule has 0 radical (unpaired) electrons. The van der Waals surface area contributed by atoms with Crippen molar-refractivity contribution in [2.24, 2.45) is 0 Å². The molecule has 0 amide bonds. The summed E-state index contributed by atoms with van der Waals surface area (Å²) in [6, 6.07) is 86.7. The number of para-hydroxylation sites is 3. The first-order valence-electron chi connectivity index (χ1n) is 30.3. The predicted molar refractivity (Wildman–Crippen MR) is 362 cm³/mol. The van der Waals surface area contributed by atoms with Gasteiger partial charge in [-0.3, -0.25) is 0 Å². The Bertz CT molecular complexity index is 4500. The minimum Gasteiger partial charge on any atom is -0.454 e. The van der Waals surface area contributed by atoms with E-state index < -0.39 is 0 Å². The summed E-state index contributed by atoms with van der Waals surface area (Å²) in [5, 5.41) is 0. The molecule has 3 heterocycles. The number of benzene rings is 12. The molecular weight excluding hydrogens is 1130 g/mol. The zero-order chi connectivity index (χ0) is 58.9. The van der Waals surface area contributed by atoms with Gasteiger partial charge in [-0.2, -0.15) is 0 Å². The van der Waals surface area contributed by atoms with Crippen LogP contribution in [0.3, 0.4) is 0 Å². The normalized spacial score (nSPS) is 15.3. The summed E-state index contributed by atoms with van der Waals surface area (Å²) in [4.78, 5) is 9.12. The largest absolute Gasteiger partial charge is 0.454 e. The van der Waals surface area contributed by atoms with Gasteiger partial charge in [0.05, 0.1) is 29.4 Å². The van der Waals surface area contributed by atoms with Crippen molar-refractivity contribution in [1.29, 1.82) is 0 Å². The maximum absolute atomic E-state index is 7.20. The number of fused-ring (bicyclic) bond motifs is 18. The van der Waals surface area contributed by atoms with Crippen LogP contribution in [0.15, 0.2) is 266 Å². The van der Waals surface area contributed by atoms with Crippen molar-refractivity contribution >= 4 is 52.3 Å². The quantitative estimate of drug-likeness (QED) is 0.164. The van der Waals surface area contributed by atoms with Gasteiger partial charge in [-0.1, -0.05) is 241 Å². The van der Waals surface area contributed by atoms with Gasteiger partial charge in [-0.05, 0) is 140 Å². The molecule has 0 unspecified atom stereocenters. The summed E-state index contributed by atoms with van der Waals surface area (Å²) >= 11 is 5.39. The molecule has 0 aromatic heterocycles. The summed E-state index contributed by atoms with van der Waals surface area (Å²) < 4.78 is 21.6. The molecule has 6 aliphatic rings. The molecule has 4 nitrogen and oxygen atoms in total. The first-order chi connectivity index (χ1) is 42.9. The van der Waals surface area contributed by atoms with Crippen molar-refractivity contribution < 1.29 is 14.2 Å². The molecule has 88 heavy (non-hydrogen) atoms. The number of anilines is 3. The topological polar surface area (TPSA) is 30.9 Å². The lowest BCUT2D eigenvalue weighted by Gasteiger charge is -2.28. The number of nitrogens with zero attached hydrogens (tertiary/aromatic N) is 1. The number of ether oxygens (including phenoxy) is 3. The summed E-state index contributed by atoms with van der Waals surface area (Å²) in [7, 11) is 0. The molecule has 422 valence electrons. The Morgan fingerprint density at radius 2 is 0.500 bits per heavy atom. The molecule has 0 N–H and O–H groups in total. The SMILES string of the molecule is CC1(C)c2ccccc2-c2c1ccc1c2Oc2c(cccc2-c2ccc(N(c3ccc(-c4cccc5c4Oc4c(ccc6c4-c4ccccc4C6(C)C)S5)cc3)c3ccc(-c4cccc5c4Oc4c(ccc6c4-c4ccccc4C6(C)C)S5)cc3)cc2)S1. The Kier molecular flexibility index (Phi) is 11.2. The highest BCUT2D eigenvalue weighted by Crippen LogP contribution is 2.64. The molecule has 12 aromatic carbocycles. The van der Waals surface area contributed by atoms with Crippen LogP contribution >= 0.6 is 35.3 Å². The van der Waals surface area contributed by atoms with E-state index in [1.54, 1.807) is 35.3 Å². The Hall–Kier alpha value is -9.11. The van der Waals surface area contributed by atoms with Crippen LogP contribution in [-0.2, 0) is 16.2 Å². The highest BCUT2D eigenvalue weighted by Gasteiger charge is 2.43. The molecule has 7 heteroatoms. The fraction of sp³-hybridized carbons (Fsp3) is 0.111. The van der Waals surface area contributed by atoms with Gasteiger partial charge in [0.15, 0.2) is 0 Å². The van der Waals surface area contributed by atoms with E-state index in [4.69, 9.17) is 14.2 Å². The zero-order valence-corrected chi connectivity index (χ0v) is 51.9. The summed E-state index contributed by atoms with van der Waals surface area (Å²) in [5.41, 5.74) is 24.5. The molecule has 0 spiro atoms. The second-order valence-corrected chi connectivity index (χ2v) is 28.7. The Balaban J connectivity index is 0.714. The summed E-state index contributed by atoms with van der Waals surface area (Å²) in [6.45, 7) is 14.0.